The Kier molecular flexibility index (Phi) is 5.76. The van der Waals surface area contributed by atoms with Crippen LogP contribution in [-0.2, 0) is 4.79 Å². The number of aryl methyl sites for hydroxylation is 1. The molecule has 3 heteroatoms. The summed E-state index contributed by atoms with van der Waals surface area (Å²) < 4.78 is 0. The molecule has 0 radical (unpaired) electrons. The summed E-state index contributed by atoms with van der Waals surface area (Å²) in [6.45, 7) is 8.01. The number of carbonyl (C=O) groups is 1. The Hall–Kier alpha value is -1.82. The molecular weight excluding hydrogens is 248 g/mol. The number of nitriles is 1. The minimum absolute atomic E-state index is 0.169. The van der Waals surface area contributed by atoms with Gasteiger partial charge < -0.3 is 5.32 Å². The van der Waals surface area contributed by atoms with Crippen LogP contribution in [0.3, 0.4) is 0 Å². The second-order valence-electron chi connectivity index (χ2n) is 5.40. The number of carbonyl (C=O) groups excluding carboxylic acids is 1. The van der Waals surface area contributed by atoms with Crippen LogP contribution in [-0.4, -0.2) is 5.91 Å². The number of hydrogen-bond donors (Lipinski definition) is 1. The summed E-state index contributed by atoms with van der Waals surface area (Å²) in [6.07, 6.45) is 2.86. The summed E-state index contributed by atoms with van der Waals surface area (Å²) in [5.74, 6) is -0.169. The number of amides is 1. The van der Waals surface area contributed by atoms with E-state index < -0.39 is 5.41 Å². The van der Waals surface area contributed by atoms with Crippen molar-refractivity contribution in [2.24, 2.45) is 5.41 Å². The summed E-state index contributed by atoms with van der Waals surface area (Å²) >= 11 is 0. The van der Waals surface area contributed by atoms with E-state index in [-0.39, 0.29) is 5.91 Å². The van der Waals surface area contributed by atoms with Gasteiger partial charge in [-0.1, -0.05) is 38.8 Å². The van der Waals surface area contributed by atoms with Crippen molar-refractivity contribution < 1.29 is 4.79 Å². The largest absolute Gasteiger partial charge is 0.324 e. The third-order valence-corrected chi connectivity index (χ3v) is 3.86. The molecule has 0 atom stereocenters. The fourth-order valence-corrected chi connectivity index (χ4v) is 2.50. The van der Waals surface area contributed by atoms with Crippen LogP contribution in [0.4, 0.5) is 5.69 Å². The fraction of sp³-hybridized carbons (Fsp3) is 0.529. The van der Waals surface area contributed by atoms with E-state index in [1.54, 1.807) is 0 Å². The predicted octanol–water partition coefficient (Wildman–Crippen LogP) is 4.35. The summed E-state index contributed by atoms with van der Waals surface area (Å²) in [5.41, 5.74) is 2.10. The zero-order valence-corrected chi connectivity index (χ0v) is 12.9. The standard InChI is InChI=1S/C17H24N2O/c1-5-10-17(12-18,11-6-2)16(20)19-15-9-7-8-13(3)14(15)4/h7-9H,5-6,10-11H2,1-4H3,(H,19,20). The number of nitrogens with zero attached hydrogens (tertiary/aromatic N) is 1. The molecule has 0 aromatic heterocycles. The van der Waals surface area contributed by atoms with Gasteiger partial charge in [0.1, 0.15) is 5.41 Å². The highest BCUT2D eigenvalue weighted by atomic mass is 16.2. The van der Waals surface area contributed by atoms with Crippen molar-refractivity contribution >= 4 is 11.6 Å². The molecule has 1 amide bonds. The number of hydrogen-bond acceptors (Lipinski definition) is 2. The zero-order chi connectivity index (χ0) is 15.2. The molecule has 1 rings (SSSR count). The molecule has 1 N–H and O–H groups in total. The molecule has 0 saturated carbocycles. The number of benzene rings is 1. The fourth-order valence-electron chi connectivity index (χ4n) is 2.50. The molecule has 0 spiro atoms. The van der Waals surface area contributed by atoms with Gasteiger partial charge in [0, 0.05) is 5.69 Å². The highest BCUT2D eigenvalue weighted by Gasteiger charge is 2.37. The molecule has 0 saturated heterocycles. The first-order valence-corrected chi connectivity index (χ1v) is 7.29. The van der Waals surface area contributed by atoms with Crippen molar-refractivity contribution in [3.63, 3.8) is 0 Å². The lowest BCUT2D eigenvalue weighted by atomic mass is 9.79. The molecule has 0 aliphatic heterocycles. The highest BCUT2D eigenvalue weighted by molar-refractivity contribution is 5.97. The van der Waals surface area contributed by atoms with Gasteiger partial charge in [0.15, 0.2) is 0 Å². The van der Waals surface area contributed by atoms with Crippen LogP contribution in [0.25, 0.3) is 0 Å². The van der Waals surface area contributed by atoms with E-state index in [2.05, 4.69) is 11.4 Å². The van der Waals surface area contributed by atoms with Gasteiger partial charge in [-0.25, -0.2) is 0 Å². The second-order valence-corrected chi connectivity index (χ2v) is 5.40. The average molecular weight is 272 g/mol. The Labute approximate surface area is 122 Å². The van der Waals surface area contributed by atoms with E-state index in [9.17, 15) is 10.1 Å². The molecule has 1 aromatic carbocycles. The van der Waals surface area contributed by atoms with Gasteiger partial charge in [0.25, 0.3) is 0 Å². The lowest BCUT2D eigenvalue weighted by Gasteiger charge is -2.25. The maximum absolute atomic E-state index is 12.6. The normalized spacial score (nSPS) is 10.9. The Bertz CT molecular complexity index is 508. The summed E-state index contributed by atoms with van der Waals surface area (Å²) in [6, 6.07) is 8.09. The van der Waals surface area contributed by atoms with Crippen molar-refractivity contribution in [3.8, 4) is 6.07 Å². The van der Waals surface area contributed by atoms with Gasteiger partial charge in [-0.3, -0.25) is 4.79 Å². The average Bonchev–Trinajstić information content (AvgIpc) is 2.43. The van der Waals surface area contributed by atoms with Gasteiger partial charge in [-0.15, -0.1) is 0 Å². The van der Waals surface area contributed by atoms with Crippen LogP contribution in [0.1, 0.15) is 50.7 Å². The van der Waals surface area contributed by atoms with E-state index in [0.29, 0.717) is 12.8 Å². The highest BCUT2D eigenvalue weighted by Crippen LogP contribution is 2.31. The van der Waals surface area contributed by atoms with Gasteiger partial charge in [0.2, 0.25) is 5.91 Å². The molecule has 3 nitrogen and oxygen atoms in total. The molecule has 0 aliphatic rings. The number of anilines is 1. The Morgan fingerprint density at radius 2 is 1.85 bits per heavy atom. The van der Waals surface area contributed by atoms with Crippen LogP contribution in [0.5, 0.6) is 0 Å². The van der Waals surface area contributed by atoms with Crippen molar-refractivity contribution in [3.05, 3.63) is 29.3 Å². The first-order chi connectivity index (χ1) is 9.50. The van der Waals surface area contributed by atoms with Crippen molar-refractivity contribution in [2.75, 3.05) is 5.32 Å². The van der Waals surface area contributed by atoms with Crippen molar-refractivity contribution in [1.82, 2.24) is 0 Å². The first kappa shape index (κ1) is 16.2. The molecule has 20 heavy (non-hydrogen) atoms. The van der Waals surface area contributed by atoms with Crippen LogP contribution in [0, 0.1) is 30.6 Å². The summed E-state index contributed by atoms with van der Waals surface area (Å²) in [7, 11) is 0. The maximum Gasteiger partial charge on any atom is 0.244 e. The molecule has 0 unspecified atom stereocenters. The smallest absolute Gasteiger partial charge is 0.244 e. The molecule has 0 heterocycles. The SMILES string of the molecule is CCCC(C#N)(CCC)C(=O)Nc1cccc(C)c1C. The Balaban J connectivity index is 3.02. The van der Waals surface area contributed by atoms with Gasteiger partial charge >= 0.3 is 0 Å². The summed E-state index contributed by atoms with van der Waals surface area (Å²) in [4.78, 5) is 12.6. The van der Waals surface area contributed by atoms with E-state index in [0.717, 1.165) is 29.7 Å². The first-order valence-electron chi connectivity index (χ1n) is 7.29. The third-order valence-electron chi connectivity index (χ3n) is 3.86. The van der Waals surface area contributed by atoms with Gasteiger partial charge in [-0.05, 0) is 43.9 Å². The molecule has 0 fully saturated rings. The minimum Gasteiger partial charge on any atom is -0.324 e. The maximum atomic E-state index is 12.6. The third kappa shape index (κ3) is 3.39. The lowest BCUT2D eigenvalue weighted by molar-refractivity contribution is -0.123. The monoisotopic (exact) mass is 272 g/mol. The van der Waals surface area contributed by atoms with Crippen LogP contribution in [0.2, 0.25) is 0 Å². The summed E-state index contributed by atoms with van der Waals surface area (Å²) in [5, 5.41) is 12.5. The van der Waals surface area contributed by atoms with E-state index in [4.69, 9.17) is 0 Å². The van der Waals surface area contributed by atoms with Crippen LogP contribution in [0.15, 0.2) is 18.2 Å². The number of rotatable bonds is 6. The molecule has 0 bridgehead atoms. The Morgan fingerprint density at radius 3 is 2.35 bits per heavy atom. The van der Waals surface area contributed by atoms with Gasteiger partial charge in [0.05, 0.1) is 6.07 Å². The Morgan fingerprint density at radius 1 is 1.25 bits per heavy atom. The van der Waals surface area contributed by atoms with Gasteiger partial charge in [-0.2, -0.15) is 5.26 Å². The molecular formula is C17H24N2O. The van der Waals surface area contributed by atoms with Crippen molar-refractivity contribution in [2.45, 2.75) is 53.4 Å². The van der Waals surface area contributed by atoms with E-state index >= 15 is 0 Å². The van der Waals surface area contributed by atoms with Crippen molar-refractivity contribution in [1.29, 1.82) is 5.26 Å². The molecule has 0 aliphatic carbocycles. The van der Waals surface area contributed by atoms with E-state index in [1.807, 2.05) is 45.9 Å². The second kappa shape index (κ2) is 7.09. The molecule has 1 aromatic rings. The van der Waals surface area contributed by atoms with Crippen LogP contribution >= 0.6 is 0 Å². The quantitative estimate of drug-likeness (QED) is 0.836. The number of nitrogens with one attached hydrogen (secondary N) is 1. The van der Waals surface area contributed by atoms with E-state index in [1.165, 1.54) is 0 Å². The molecule has 108 valence electrons. The zero-order valence-electron chi connectivity index (χ0n) is 12.9. The topological polar surface area (TPSA) is 52.9 Å². The predicted molar refractivity (Wildman–Crippen MR) is 82.4 cm³/mol. The van der Waals surface area contributed by atoms with Crippen LogP contribution < -0.4 is 5.32 Å². The minimum atomic E-state index is -0.903. The lowest BCUT2D eigenvalue weighted by Crippen LogP contribution is -2.35.